The van der Waals surface area contributed by atoms with Gasteiger partial charge in [0.05, 0.1) is 0 Å². The molecule has 1 unspecified atom stereocenters. The van der Waals surface area contributed by atoms with Crippen molar-refractivity contribution in [2.24, 2.45) is 0 Å². The van der Waals surface area contributed by atoms with Crippen molar-refractivity contribution in [3.8, 4) is 0 Å². The maximum absolute atomic E-state index is 12.6. The smallest absolute Gasteiger partial charge is 0.321 e. The fourth-order valence-corrected chi connectivity index (χ4v) is 3.82. The molecule has 2 aromatic rings. The van der Waals surface area contributed by atoms with Crippen LogP contribution in [-0.4, -0.2) is 36.5 Å². The van der Waals surface area contributed by atoms with Gasteiger partial charge in [0.2, 0.25) is 5.91 Å². The molecule has 1 N–H and O–H groups in total. The predicted octanol–water partition coefficient (Wildman–Crippen LogP) is 3.83. The molecular weight excluding hydrogens is 326 g/mol. The fraction of sp³-hybridized carbons (Fsp3) is 0.333. The number of rotatable bonds is 3. The molecule has 4 rings (SSSR count). The summed E-state index contributed by atoms with van der Waals surface area (Å²) in [5.41, 5.74) is 2.88. The van der Waals surface area contributed by atoms with Gasteiger partial charge < -0.3 is 15.1 Å². The number of amides is 3. The van der Waals surface area contributed by atoms with E-state index in [2.05, 4.69) is 17.4 Å². The minimum absolute atomic E-state index is 0.0756. The van der Waals surface area contributed by atoms with Crippen LogP contribution in [0.25, 0.3) is 0 Å². The maximum Gasteiger partial charge on any atom is 0.321 e. The Kier molecular flexibility index (Phi) is 4.61. The Labute approximate surface area is 153 Å². The average molecular weight is 349 g/mol. The molecule has 0 aromatic heterocycles. The molecule has 0 radical (unpaired) electrons. The summed E-state index contributed by atoms with van der Waals surface area (Å²) in [6.45, 7) is 2.25. The Hall–Kier alpha value is -2.82. The molecule has 3 amide bonds. The molecule has 2 aliphatic heterocycles. The highest BCUT2D eigenvalue weighted by Crippen LogP contribution is 2.28. The molecule has 0 bridgehead atoms. The monoisotopic (exact) mass is 349 g/mol. The summed E-state index contributed by atoms with van der Waals surface area (Å²) in [5.74, 6) is 0.550. The van der Waals surface area contributed by atoms with Crippen LogP contribution in [0.1, 0.15) is 30.7 Å². The second kappa shape index (κ2) is 7.20. The van der Waals surface area contributed by atoms with Crippen LogP contribution in [0, 0.1) is 0 Å². The van der Waals surface area contributed by atoms with Crippen molar-refractivity contribution < 1.29 is 9.59 Å². The van der Waals surface area contributed by atoms with Crippen LogP contribution >= 0.6 is 0 Å². The van der Waals surface area contributed by atoms with E-state index in [1.807, 2.05) is 47.4 Å². The Bertz CT molecular complexity index is 806. The molecule has 0 saturated carbocycles. The van der Waals surface area contributed by atoms with Gasteiger partial charge in [-0.3, -0.25) is 4.79 Å². The van der Waals surface area contributed by atoms with E-state index in [0.29, 0.717) is 12.3 Å². The van der Waals surface area contributed by atoms with Gasteiger partial charge in [0.25, 0.3) is 0 Å². The Morgan fingerprint density at radius 3 is 2.65 bits per heavy atom. The number of hydrogen-bond donors (Lipinski definition) is 1. The summed E-state index contributed by atoms with van der Waals surface area (Å²) in [4.78, 5) is 28.2. The SMILES string of the molecule is O=C(Nc1cccc(N2CCCC2=O)c1)N1CCC(c2ccccc2)C1. The number of benzene rings is 2. The predicted molar refractivity (Wildman–Crippen MR) is 102 cm³/mol. The van der Waals surface area contributed by atoms with E-state index in [1.165, 1.54) is 5.56 Å². The van der Waals surface area contributed by atoms with E-state index in [9.17, 15) is 9.59 Å². The molecule has 0 spiro atoms. The second-order valence-corrected chi connectivity index (χ2v) is 6.97. The molecule has 5 heteroatoms. The summed E-state index contributed by atoms with van der Waals surface area (Å²) in [5, 5.41) is 2.98. The van der Waals surface area contributed by atoms with Gasteiger partial charge in [0.15, 0.2) is 0 Å². The quantitative estimate of drug-likeness (QED) is 0.915. The topological polar surface area (TPSA) is 52.7 Å². The van der Waals surface area contributed by atoms with Gasteiger partial charge in [-0.2, -0.15) is 0 Å². The highest BCUT2D eigenvalue weighted by atomic mass is 16.2. The van der Waals surface area contributed by atoms with Crippen molar-refractivity contribution in [3.63, 3.8) is 0 Å². The van der Waals surface area contributed by atoms with Crippen molar-refractivity contribution in [2.75, 3.05) is 29.9 Å². The number of likely N-dealkylation sites (tertiary alicyclic amines) is 1. The first-order valence-electron chi connectivity index (χ1n) is 9.22. The summed E-state index contributed by atoms with van der Waals surface area (Å²) in [6.07, 6.45) is 2.48. The minimum atomic E-state index is -0.0756. The van der Waals surface area contributed by atoms with E-state index in [1.54, 1.807) is 4.90 Å². The molecule has 2 aliphatic rings. The van der Waals surface area contributed by atoms with Crippen LogP contribution in [-0.2, 0) is 4.79 Å². The first-order valence-corrected chi connectivity index (χ1v) is 9.22. The van der Waals surface area contributed by atoms with E-state index in [4.69, 9.17) is 0 Å². The van der Waals surface area contributed by atoms with E-state index >= 15 is 0 Å². The lowest BCUT2D eigenvalue weighted by Gasteiger charge is -2.19. The summed E-state index contributed by atoms with van der Waals surface area (Å²) in [6, 6.07) is 17.8. The number of carbonyl (C=O) groups excluding carboxylic acids is 2. The molecule has 2 fully saturated rings. The lowest BCUT2D eigenvalue weighted by atomic mass is 9.99. The summed E-state index contributed by atoms with van der Waals surface area (Å²) in [7, 11) is 0. The van der Waals surface area contributed by atoms with Crippen LogP contribution in [0.3, 0.4) is 0 Å². The van der Waals surface area contributed by atoms with Gasteiger partial charge in [-0.05, 0) is 36.6 Å². The number of urea groups is 1. The van der Waals surface area contributed by atoms with Crippen molar-refractivity contribution in [3.05, 3.63) is 60.2 Å². The number of nitrogens with zero attached hydrogens (tertiary/aromatic N) is 2. The first kappa shape index (κ1) is 16.6. The number of hydrogen-bond acceptors (Lipinski definition) is 2. The van der Waals surface area contributed by atoms with E-state index in [0.717, 1.165) is 43.9 Å². The summed E-state index contributed by atoms with van der Waals surface area (Å²) < 4.78 is 0. The maximum atomic E-state index is 12.6. The van der Waals surface area contributed by atoms with Gasteiger partial charge >= 0.3 is 6.03 Å². The van der Waals surface area contributed by atoms with Crippen LogP contribution in [0.2, 0.25) is 0 Å². The third kappa shape index (κ3) is 3.43. The number of carbonyl (C=O) groups is 2. The lowest BCUT2D eigenvalue weighted by molar-refractivity contribution is -0.117. The molecule has 26 heavy (non-hydrogen) atoms. The van der Waals surface area contributed by atoms with Crippen LogP contribution in [0.15, 0.2) is 54.6 Å². The third-order valence-corrected chi connectivity index (χ3v) is 5.23. The molecule has 5 nitrogen and oxygen atoms in total. The zero-order valence-corrected chi connectivity index (χ0v) is 14.7. The average Bonchev–Trinajstić information content (AvgIpc) is 3.32. The van der Waals surface area contributed by atoms with Gasteiger partial charge in [-0.25, -0.2) is 4.79 Å². The van der Waals surface area contributed by atoms with Crippen molar-refractivity contribution >= 4 is 23.3 Å². The molecule has 0 aliphatic carbocycles. The largest absolute Gasteiger partial charge is 0.324 e. The fourth-order valence-electron chi connectivity index (χ4n) is 3.82. The van der Waals surface area contributed by atoms with Crippen molar-refractivity contribution in [1.29, 1.82) is 0 Å². The van der Waals surface area contributed by atoms with Gasteiger partial charge in [0, 0.05) is 43.3 Å². The van der Waals surface area contributed by atoms with Crippen molar-refractivity contribution in [2.45, 2.75) is 25.2 Å². The van der Waals surface area contributed by atoms with E-state index in [-0.39, 0.29) is 11.9 Å². The van der Waals surface area contributed by atoms with Crippen molar-refractivity contribution in [1.82, 2.24) is 4.90 Å². The zero-order valence-electron chi connectivity index (χ0n) is 14.7. The molecule has 2 heterocycles. The van der Waals surface area contributed by atoms with Crippen LogP contribution in [0.5, 0.6) is 0 Å². The van der Waals surface area contributed by atoms with Gasteiger partial charge in [0.1, 0.15) is 0 Å². The number of nitrogens with one attached hydrogen (secondary N) is 1. The molecule has 2 saturated heterocycles. The van der Waals surface area contributed by atoms with Gasteiger partial charge in [-0.15, -0.1) is 0 Å². The second-order valence-electron chi connectivity index (χ2n) is 6.97. The molecule has 1 atom stereocenters. The molecular formula is C21H23N3O2. The highest BCUT2D eigenvalue weighted by Gasteiger charge is 2.27. The Morgan fingerprint density at radius 2 is 1.88 bits per heavy atom. The van der Waals surface area contributed by atoms with E-state index < -0.39 is 0 Å². The third-order valence-electron chi connectivity index (χ3n) is 5.23. The zero-order chi connectivity index (χ0) is 17.9. The minimum Gasteiger partial charge on any atom is -0.324 e. The van der Waals surface area contributed by atoms with Gasteiger partial charge in [-0.1, -0.05) is 36.4 Å². The molecule has 134 valence electrons. The highest BCUT2D eigenvalue weighted by molar-refractivity contribution is 5.96. The Morgan fingerprint density at radius 1 is 1.04 bits per heavy atom. The molecule has 2 aromatic carbocycles. The van der Waals surface area contributed by atoms with Crippen LogP contribution in [0.4, 0.5) is 16.2 Å². The van der Waals surface area contributed by atoms with Crippen LogP contribution < -0.4 is 10.2 Å². The summed E-state index contributed by atoms with van der Waals surface area (Å²) >= 11 is 0. The number of anilines is 2. The Balaban J connectivity index is 1.40. The first-order chi connectivity index (χ1) is 12.7. The lowest BCUT2D eigenvalue weighted by Crippen LogP contribution is -2.33. The normalized spacial score (nSPS) is 19.8. The standard InChI is InChI=1S/C21H23N3O2/c25-20-10-5-12-24(20)19-9-4-8-18(14-19)22-21(26)23-13-11-17(15-23)16-6-2-1-3-7-16/h1-4,6-9,14,17H,5,10-13,15H2,(H,22,26).